The van der Waals surface area contributed by atoms with E-state index in [0.29, 0.717) is 6.42 Å². The summed E-state index contributed by atoms with van der Waals surface area (Å²) in [5, 5.41) is 11.6. The van der Waals surface area contributed by atoms with E-state index in [1.54, 1.807) is 0 Å². The third-order valence-electron chi connectivity index (χ3n) is 3.49. The number of carboxylic acids is 1. The highest BCUT2D eigenvalue weighted by Gasteiger charge is 2.34. The zero-order chi connectivity index (χ0) is 15.2. The zero-order valence-corrected chi connectivity index (χ0v) is 11.6. The fraction of sp³-hybridized carbons (Fsp3) is 0.400. The summed E-state index contributed by atoms with van der Waals surface area (Å²) in [5.74, 6) is -1.69. The van der Waals surface area contributed by atoms with Gasteiger partial charge in [-0.15, -0.1) is 0 Å². The van der Waals surface area contributed by atoms with Crippen LogP contribution in [0.3, 0.4) is 0 Å². The number of carbonyl (C=O) groups is 3. The van der Waals surface area contributed by atoms with Crippen molar-refractivity contribution in [2.24, 2.45) is 0 Å². The first-order valence-corrected chi connectivity index (χ1v) is 6.91. The number of aryl methyl sites for hydroxylation is 1. The third kappa shape index (κ3) is 4.05. The highest BCUT2D eigenvalue weighted by Crippen LogP contribution is 2.10. The van der Waals surface area contributed by atoms with Crippen LogP contribution >= 0.6 is 0 Å². The molecule has 1 fully saturated rings. The van der Waals surface area contributed by atoms with Gasteiger partial charge in [-0.1, -0.05) is 30.3 Å². The summed E-state index contributed by atoms with van der Waals surface area (Å²) >= 11 is 0. The van der Waals surface area contributed by atoms with Crippen molar-refractivity contribution in [3.63, 3.8) is 0 Å². The van der Waals surface area contributed by atoms with E-state index < -0.39 is 12.0 Å². The van der Waals surface area contributed by atoms with Crippen molar-refractivity contribution in [3.05, 3.63) is 35.9 Å². The molecular formula is C15H18N2O4. The van der Waals surface area contributed by atoms with Crippen LogP contribution in [0.2, 0.25) is 0 Å². The van der Waals surface area contributed by atoms with Crippen LogP contribution in [0.5, 0.6) is 0 Å². The number of nitrogens with zero attached hydrogens (tertiary/aromatic N) is 1. The molecule has 6 nitrogen and oxygen atoms in total. The zero-order valence-electron chi connectivity index (χ0n) is 11.6. The molecule has 1 atom stereocenters. The normalized spacial score (nSPS) is 18.2. The number of aliphatic carboxylic acids is 1. The summed E-state index contributed by atoms with van der Waals surface area (Å²) in [6.07, 6.45) is 1.63. The number of hydrogen-bond donors (Lipinski definition) is 2. The van der Waals surface area contributed by atoms with Gasteiger partial charge in [0.1, 0.15) is 12.6 Å². The Morgan fingerprint density at radius 1 is 1.29 bits per heavy atom. The van der Waals surface area contributed by atoms with Gasteiger partial charge in [0.15, 0.2) is 0 Å². The molecule has 0 spiro atoms. The molecule has 1 heterocycles. The maximum absolute atomic E-state index is 12.1. The quantitative estimate of drug-likeness (QED) is 0.823. The summed E-state index contributed by atoms with van der Waals surface area (Å²) in [5.41, 5.74) is 1.14. The van der Waals surface area contributed by atoms with E-state index in [-0.39, 0.29) is 31.3 Å². The number of hydrogen-bond acceptors (Lipinski definition) is 3. The highest BCUT2D eigenvalue weighted by atomic mass is 16.4. The summed E-state index contributed by atoms with van der Waals surface area (Å²) in [7, 11) is 0. The first-order valence-electron chi connectivity index (χ1n) is 6.91. The highest BCUT2D eigenvalue weighted by molar-refractivity contribution is 5.91. The van der Waals surface area contributed by atoms with Crippen molar-refractivity contribution in [1.82, 2.24) is 10.2 Å². The minimum absolute atomic E-state index is 0.0292. The summed E-state index contributed by atoms with van der Waals surface area (Å²) in [4.78, 5) is 35.8. The van der Waals surface area contributed by atoms with Crippen molar-refractivity contribution in [2.75, 3.05) is 13.1 Å². The maximum atomic E-state index is 12.1. The Balaban J connectivity index is 1.88. The number of amides is 2. The topological polar surface area (TPSA) is 86.7 Å². The maximum Gasteiger partial charge on any atom is 0.328 e. The minimum atomic E-state index is -1.09. The smallest absolute Gasteiger partial charge is 0.328 e. The van der Waals surface area contributed by atoms with Crippen LogP contribution in [-0.2, 0) is 20.8 Å². The molecule has 1 aromatic rings. The molecule has 2 amide bonds. The summed E-state index contributed by atoms with van der Waals surface area (Å²) < 4.78 is 0. The van der Waals surface area contributed by atoms with E-state index in [9.17, 15) is 14.4 Å². The Hall–Kier alpha value is -2.37. The average Bonchev–Trinajstić information content (AvgIpc) is 2.47. The van der Waals surface area contributed by atoms with Gasteiger partial charge in [0, 0.05) is 13.0 Å². The molecule has 1 aliphatic heterocycles. The molecule has 0 saturated carbocycles. The van der Waals surface area contributed by atoms with Crippen LogP contribution in [0.15, 0.2) is 30.3 Å². The van der Waals surface area contributed by atoms with Crippen LogP contribution in [0, 0.1) is 0 Å². The molecule has 0 bridgehead atoms. The van der Waals surface area contributed by atoms with Crippen LogP contribution < -0.4 is 5.32 Å². The van der Waals surface area contributed by atoms with E-state index in [1.807, 2.05) is 30.3 Å². The fourth-order valence-electron chi connectivity index (χ4n) is 2.36. The van der Waals surface area contributed by atoms with Crippen molar-refractivity contribution in [1.29, 1.82) is 0 Å². The van der Waals surface area contributed by atoms with Gasteiger partial charge in [-0.25, -0.2) is 4.79 Å². The Bertz CT molecular complexity index is 530. The van der Waals surface area contributed by atoms with Gasteiger partial charge in [0.2, 0.25) is 11.8 Å². The SMILES string of the molecule is O=C1CN(C(=O)CCCc2ccccc2)C(C(=O)O)CN1. The standard InChI is InChI=1S/C15H18N2O4/c18-13-10-17(12(9-16-13)15(20)21)14(19)8-4-7-11-5-2-1-3-6-11/h1-3,5-6,12H,4,7-10H2,(H,16,18)(H,20,21). The van der Waals surface area contributed by atoms with E-state index in [2.05, 4.69) is 5.32 Å². The molecule has 1 unspecified atom stereocenters. The lowest BCUT2D eigenvalue weighted by Crippen LogP contribution is -2.59. The largest absolute Gasteiger partial charge is 0.480 e. The third-order valence-corrected chi connectivity index (χ3v) is 3.49. The van der Waals surface area contributed by atoms with Crippen molar-refractivity contribution >= 4 is 17.8 Å². The number of benzene rings is 1. The van der Waals surface area contributed by atoms with Crippen LogP contribution in [0.25, 0.3) is 0 Å². The van der Waals surface area contributed by atoms with Gasteiger partial charge < -0.3 is 15.3 Å². The lowest BCUT2D eigenvalue weighted by molar-refractivity contribution is -0.154. The van der Waals surface area contributed by atoms with Crippen molar-refractivity contribution < 1.29 is 19.5 Å². The van der Waals surface area contributed by atoms with Gasteiger partial charge >= 0.3 is 5.97 Å². The molecule has 112 valence electrons. The number of piperazine rings is 1. The first-order chi connectivity index (χ1) is 10.1. The lowest BCUT2D eigenvalue weighted by atomic mass is 10.1. The second kappa shape index (κ2) is 6.88. The second-order valence-electron chi connectivity index (χ2n) is 5.02. The van der Waals surface area contributed by atoms with Crippen molar-refractivity contribution in [2.45, 2.75) is 25.3 Å². The molecule has 1 aliphatic rings. The molecule has 2 N–H and O–H groups in total. The minimum Gasteiger partial charge on any atom is -0.480 e. The van der Waals surface area contributed by atoms with E-state index in [0.717, 1.165) is 16.9 Å². The Morgan fingerprint density at radius 3 is 2.67 bits per heavy atom. The van der Waals surface area contributed by atoms with E-state index in [1.165, 1.54) is 0 Å². The summed E-state index contributed by atoms with van der Waals surface area (Å²) in [6, 6.07) is 8.81. The molecule has 1 saturated heterocycles. The van der Waals surface area contributed by atoms with Gasteiger partial charge in [-0.2, -0.15) is 0 Å². The first kappa shape index (κ1) is 15.0. The lowest BCUT2D eigenvalue weighted by Gasteiger charge is -2.32. The van der Waals surface area contributed by atoms with Gasteiger partial charge in [0.25, 0.3) is 0 Å². The monoisotopic (exact) mass is 290 g/mol. The molecule has 0 aliphatic carbocycles. The molecule has 21 heavy (non-hydrogen) atoms. The van der Waals surface area contributed by atoms with Gasteiger partial charge in [-0.3, -0.25) is 9.59 Å². The molecule has 0 aromatic heterocycles. The number of nitrogens with one attached hydrogen (secondary N) is 1. The van der Waals surface area contributed by atoms with Crippen LogP contribution in [-0.4, -0.2) is 46.9 Å². The van der Waals surface area contributed by atoms with Crippen molar-refractivity contribution in [3.8, 4) is 0 Å². The molecule has 6 heteroatoms. The molecule has 2 rings (SSSR count). The average molecular weight is 290 g/mol. The Morgan fingerprint density at radius 2 is 2.00 bits per heavy atom. The Kier molecular flexibility index (Phi) is 4.92. The van der Waals surface area contributed by atoms with Crippen LogP contribution in [0.1, 0.15) is 18.4 Å². The molecule has 1 aromatic carbocycles. The molecular weight excluding hydrogens is 272 g/mol. The van der Waals surface area contributed by atoms with Gasteiger partial charge in [-0.05, 0) is 18.4 Å². The second-order valence-corrected chi connectivity index (χ2v) is 5.02. The molecule has 0 radical (unpaired) electrons. The number of rotatable bonds is 5. The van der Waals surface area contributed by atoms with E-state index >= 15 is 0 Å². The predicted octanol–water partition coefficient (Wildman–Crippen LogP) is 0.421. The fourth-order valence-corrected chi connectivity index (χ4v) is 2.36. The predicted molar refractivity (Wildman–Crippen MR) is 75.5 cm³/mol. The Labute approximate surface area is 122 Å². The summed E-state index contributed by atoms with van der Waals surface area (Å²) in [6.45, 7) is -0.209. The van der Waals surface area contributed by atoms with Crippen LogP contribution in [0.4, 0.5) is 0 Å². The number of carbonyl (C=O) groups excluding carboxylic acids is 2. The van der Waals surface area contributed by atoms with Gasteiger partial charge in [0.05, 0.1) is 0 Å². The number of carboxylic acid groups (broad SMARTS) is 1. The van der Waals surface area contributed by atoms with E-state index in [4.69, 9.17) is 5.11 Å².